The molecule has 0 spiro atoms. The van der Waals surface area contributed by atoms with Crippen LogP contribution in [0.3, 0.4) is 0 Å². The average Bonchev–Trinajstić information content (AvgIpc) is 2.66. The largest absolute Gasteiger partial charge is 0.497 e. The zero-order valence-corrected chi connectivity index (χ0v) is 14.0. The first kappa shape index (κ1) is 19.7. The minimum atomic E-state index is -3.47. The zero-order valence-electron chi connectivity index (χ0n) is 14.0. The number of hydroxylamine groups is 1. The van der Waals surface area contributed by atoms with Gasteiger partial charge in [-0.1, -0.05) is 0 Å². The van der Waals surface area contributed by atoms with Gasteiger partial charge in [-0.25, -0.2) is 0 Å². The van der Waals surface area contributed by atoms with Crippen molar-refractivity contribution in [2.24, 2.45) is 0 Å². The molecule has 12 nitrogen and oxygen atoms in total. The third-order valence-corrected chi connectivity index (χ3v) is 4.69. The summed E-state index contributed by atoms with van der Waals surface area (Å²) in [5, 5.41) is 71.1. The highest BCUT2D eigenvalue weighted by molar-refractivity contribution is 6.01. The van der Waals surface area contributed by atoms with Gasteiger partial charge in [-0.2, -0.15) is 5.06 Å². The molecular formula is C15H19NO11. The Balaban J connectivity index is 2.09. The first-order valence-corrected chi connectivity index (χ1v) is 7.77. The number of benzene rings is 1. The second-order valence-corrected chi connectivity index (χ2v) is 6.17. The van der Waals surface area contributed by atoms with E-state index in [0.29, 0.717) is 0 Å². The highest BCUT2D eigenvalue weighted by atomic mass is 16.7. The van der Waals surface area contributed by atoms with Crippen LogP contribution in [0.1, 0.15) is 0 Å². The predicted molar refractivity (Wildman–Crippen MR) is 82.8 cm³/mol. The Morgan fingerprint density at radius 1 is 1.26 bits per heavy atom. The molecule has 12 heteroatoms. The first-order valence-electron chi connectivity index (χ1n) is 7.77. The second-order valence-electron chi connectivity index (χ2n) is 6.17. The van der Waals surface area contributed by atoms with E-state index in [1.54, 1.807) is 0 Å². The Morgan fingerprint density at radius 3 is 2.52 bits per heavy atom. The predicted octanol–water partition coefficient (Wildman–Crippen LogP) is -3.34. The van der Waals surface area contributed by atoms with E-state index in [1.807, 2.05) is 0 Å². The quantitative estimate of drug-likeness (QED) is 0.256. The van der Waals surface area contributed by atoms with Crippen LogP contribution in [-0.2, 0) is 9.53 Å². The molecule has 150 valence electrons. The molecular weight excluding hydrogens is 370 g/mol. The van der Waals surface area contributed by atoms with Crippen LogP contribution in [0.25, 0.3) is 0 Å². The number of anilines is 1. The van der Waals surface area contributed by atoms with E-state index in [4.69, 9.17) is 19.3 Å². The van der Waals surface area contributed by atoms with Gasteiger partial charge in [0, 0.05) is 6.07 Å². The topological polar surface area (TPSA) is 190 Å². The van der Waals surface area contributed by atoms with E-state index in [9.17, 15) is 35.5 Å². The number of methoxy groups -OCH3 is 1. The van der Waals surface area contributed by atoms with Gasteiger partial charge in [-0.3, -0.25) is 10.0 Å². The third kappa shape index (κ3) is 2.58. The molecule has 1 fully saturated rings. The van der Waals surface area contributed by atoms with Crippen molar-refractivity contribution in [3.05, 3.63) is 18.2 Å². The van der Waals surface area contributed by atoms with Crippen molar-refractivity contribution in [3.8, 4) is 11.5 Å². The number of hydrogen-bond donors (Lipinski definition) is 7. The SMILES string of the molecule is COc1ccc2c(c1)OC(O)([C@]1(O)[C@@H](O)O[C@H](CO)[C@@H](O)[C@@H]1O)C(=O)N2O. The van der Waals surface area contributed by atoms with Crippen LogP contribution in [0.5, 0.6) is 11.5 Å². The van der Waals surface area contributed by atoms with Crippen molar-refractivity contribution < 1.29 is 54.9 Å². The normalized spacial score (nSPS) is 39.0. The number of carbonyl (C=O) groups is 1. The molecule has 1 unspecified atom stereocenters. The molecule has 1 amide bonds. The van der Waals surface area contributed by atoms with Gasteiger partial charge in [0.05, 0.1) is 13.7 Å². The molecule has 2 heterocycles. The van der Waals surface area contributed by atoms with Crippen molar-refractivity contribution in [1.29, 1.82) is 0 Å². The standard InChI is InChI=1S/C15H19NO11/c1-25-6-2-3-7-8(4-6)27-15(23,12(20)16(7)24)14(22)11(19)10(18)9(5-17)26-13(14)21/h2-4,9-11,13,17-19,21-24H,5H2,1H3/t9-,10-,11+,13+,14-,15?/m1/s1. The highest BCUT2D eigenvalue weighted by Crippen LogP contribution is 2.46. The van der Waals surface area contributed by atoms with Crippen molar-refractivity contribution in [2.75, 3.05) is 18.8 Å². The van der Waals surface area contributed by atoms with Crippen LogP contribution >= 0.6 is 0 Å². The van der Waals surface area contributed by atoms with E-state index in [1.165, 1.54) is 19.2 Å². The smallest absolute Gasteiger partial charge is 0.328 e. The maximum Gasteiger partial charge on any atom is 0.328 e. The summed E-state index contributed by atoms with van der Waals surface area (Å²) in [6.45, 7) is -0.843. The molecule has 1 aromatic rings. The summed E-state index contributed by atoms with van der Waals surface area (Å²) in [7, 11) is 1.32. The summed E-state index contributed by atoms with van der Waals surface area (Å²) in [5.41, 5.74) is -3.56. The zero-order chi connectivity index (χ0) is 20.1. The number of aliphatic hydroxyl groups is 6. The fourth-order valence-electron chi connectivity index (χ4n) is 3.07. The Bertz CT molecular complexity index is 744. The van der Waals surface area contributed by atoms with Gasteiger partial charge in [-0.05, 0) is 12.1 Å². The lowest BCUT2D eigenvalue weighted by atomic mass is 9.78. The number of hydrogen-bond acceptors (Lipinski definition) is 11. The second kappa shape index (κ2) is 6.54. The number of rotatable bonds is 3. The van der Waals surface area contributed by atoms with Gasteiger partial charge >= 0.3 is 11.7 Å². The molecule has 1 aromatic carbocycles. The van der Waals surface area contributed by atoms with E-state index in [-0.39, 0.29) is 22.2 Å². The van der Waals surface area contributed by atoms with Gasteiger partial charge in [0.1, 0.15) is 29.7 Å². The number of ether oxygens (including phenoxy) is 3. The van der Waals surface area contributed by atoms with Crippen LogP contribution in [0, 0.1) is 0 Å². The van der Waals surface area contributed by atoms with Crippen molar-refractivity contribution in [1.82, 2.24) is 0 Å². The Hall–Kier alpha value is -2.03. The third-order valence-electron chi connectivity index (χ3n) is 4.69. The lowest BCUT2D eigenvalue weighted by Gasteiger charge is -2.52. The lowest BCUT2D eigenvalue weighted by molar-refractivity contribution is -0.391. The molecule has 0 bridgehead atoms. The number of fused-ring (bicyclic) bond motifs is 1. The molecule has 7 N–H and O–H groups in total. The summed E-state index contributed by atoms with van der Waals surface area (Å²) in [6.07, 6.45) is -8.42. The monoisotopic (exact) mass is 389 g/mol. The fourth-order valence-corrected chi connectivity index (χ4v) is 3.07. The van der Waals surface area contributed by atoms with Crippen molar-refractivity contribution in [2.45, 2.75) is 36.0 Å². The van der Waals surface area contributed by atoms with Crippen molar-refractivity contribution in [3.63, 3.8) is 0 Å². The van der Waals surface area contributed by atoms with E-state index >= 15 is 0 Å². The molecule has 0 aromatic heterocycles. The highest BCUT2D eigenvalue weighted by Gasteiger charge is 2.72. The molecule has 27 heavy (non-hydrogen) atoms. The van der Waals surface area contributed by atoms with Gasteiger partial charge in [0.2, 0.25) is 5.60 Å². The first-order chi connectivity index (χ1) is 12.6. The van der Waals surface area contributed by atoms with Crippen LogP contribution in [0.15, 0.2) is 18.2 Å². The van der Waals surface area contributed by atoms with E-state index in [2.05, 4.69) is 0 Å². The maximum absolute atomic E-state index is 12.5. The number of nitrogens with zero attached hydrogens (tertiary/aromatic N) is 1. The molecule has 3 rings (SSSR count). The molecule has 2 aliphatic rings. The molecule has 6 atom stereocenters. The summed E-state index contributed by atoms with van der Waals surface area (Å²) in [4.78, 5) is 12.5. The average molecular weight is 389 g/mol. The summed E-state index contributed by atoms with van der Waals surface area (Å²) in [6, 6.07) is 3.76. The van der Waals surface area contributed by atoms with Gasteiger partial charge in [0.25, 0.3) is 0 Å². The minimum absolute atomic E-state index is 0.0554. The lowest BCUT2D eigenvalue weighted by Crippen LogP contribution is -2.81. The molecule has 0 saturated carbocycles. The number of aliphatic hydroxyl groups excluding tert-OH is 4. The van der Waals surface area contributed by atoms with Gasteiger partial charge in [0.15, 0.2) is 12.0 Å². The minimum Gasteiger partial charge on any atom is -0.497 e. The fraction of sp³-hybridized carbons (Fsp3) is 0.533. The Morgan fingerprint density at radius 2 is 1.93 bits per heavy atom. The van der Waals surface area contributed by atoms with Crippen LogP contribution in [0.2, 0.25) is 0 Å². The van der Waals surface area contributed by atoms with Gasteiger partial charge in [-0.15, -0.1) is 0 Å². The molecule has 1 saturated heterocycles. The van der Waals surface area contributed by atoms with Crippen LogP contribution in [0.4, 0.5) is 5.69 Å². The van der Waals surface area contributed by atoms with E-state index < -0.39 is 48.5 Å². The number of amides is 1. The van der Waals surface area contributed by atoms with E-state index in [0.717, 1.165) is 6.07 Å². The van der Waals surface area contributed by atoms with Crippen LogP contribution < -0.4 is 14.5 Å². The van der Waals surface area contributed by atoms with Crippen LogP contribution in [-0.4, -0.2) is 91.5 Å². The number of carbonyl (C=O) groups excluding carboxylic acids is 1. The maximum atomic E-state index is 12.5. The molecule has 0 aliphatic carbocycles. The Labute approximate surface area is 151 Å². The molecule has 2 aliphatic heterocycles. The summed E-state index contributed by atoms with van der Waals surface area (Å²) in [5.74, 6) is -5.28. The van der Waals surface area contributed by atoms with Gasteiger partial charge < -0.3 is 44.8 Å². The molecule has 0 radical (unpaired) electrons. The summed E-state index contributed by atoms with van der Waals surface area (Å²) >= 11 is 0. The summed E-state index contributed by atoms with van der Waals surface area (Å²) < 4.78 is 14.9. The van der Waals surface area contributed by atoms with Crippen molar-refractivity contribution >= 4 is 11.6 Å². The Kier molecular flexibility index (Phi) is 4.78.